The van der Waals surface area contributed by atoms with E-state index in [9.17, 15) is 0 Å². The highest BCUT2D eigenvalue weighted by Crippen LogP contribution is 2.45. The molecule has 0 bridgehead atoms. The maximum Gasteiger partial charge on any atom is 0.159 e. The smallest absolute Gasteiger partial charge is 0.159 e. The second kappa shape index (κ2) is 11.7. The molecule has 5 heteroatoms. The Morgan fingerprint density at radius 3 is 1.25 bits per heavy atom. The Hall–Kier alpha value is -7.24. The predicted molar refractivity (Wildman–Crippen MR) is 218 cm³/mol. The van der Waals surface area contributed by atoms with Gasteiger partial charge in [-0.3, -0.25) is 0 Å². The molecule has 0 unspecified atom stereocenters. The van der Waals surface area contributed by atoms with Crippen LogP contribution in [0.5, 0.6) is 0 Å². The fourth-order valence-electron chi connectivity index (χ4n) is 7.82. The standard InChI is InChI=1S/C48H30N2O3/c1-3-12-31(13-4-1)49(33-22-25-38-36-16-7-9-20-43(36)51-45(38)28-33)34-23-27-40-41-18-11-19-42(48(41)53-47(40)29-34)50(32-14-5-2-6-15-32)35-24-26-39-37-17-8-10-21-44(37)52-46(39)30-35/h1-30H. The van der Waals surface area contributed by atoms with Crippen LogP contribution in [0.3, 0.4) is 0 Å². The minimum absolute atomic E-state index is 0.802. The summed E-state index contributed by atoms with van der Waals surface area (Å²) in [6, 6.07) is 62.9. The second-order valence-electron chi connectivity index (χ2n) is 13.3. The molecule has 8 aromatic carbocycles. The van der Waals surface area contributed by atoms with Crippen molar-refractivity contribution >= 4 is 99.9 Å². The SMILES string of the molecule is c1ccc(N(c2ccc3c(c2)oc2ccccc23)c2ccc3c(c2)oc2c(N(c4ccccc4)c4ccc5c(c4)oc4ccccc45)cccc23)cc1. The molecule has 0 atom stereocenters. The van der Waals surface area contributed by atoms with E-state index in [1.807, 2.05) is 48.5 Å². The van der Waals surface area contributed by atoms with Gasteiger partial charge in [-0.15, -0.1) is 0 Å². The summed E-state index contributed by atoms with van der Waals surface area (Å²) >= 11 is 0. The lowest BCUT2D eigenvalue weighted by Gasteiger charge is -2.25. The first-order chi connectivity index (χ1) is 26.3. The van der Waals surface area contributed by atoms with Crippen LogP contribution in [-0.4, -0.2) is 0 Å². The van der Waals surface area contributed by atoms with E-state index in [1.165, 1.54) is 0 Å². The van der Waals surface area contributed by atoms with Crippen molar-refractivity contribution in [1.82, 2.24) is 0 Å². The Morgan fingerprint density at radius 1 is 0.264 bits per heavy atom. The van der Waals surface area contributed by atoms with E-state index >= 15 is 0 Å². The third-order valence-corrected chi connectivity index (χ3v) is 10.2. The topological polar surface area (TPSA) is 45.9 Å². The minimum atomic E-state index is 0.802. The highest BCUT2D eigenvalue weighted by atomic mass is 16.3. The van der Waals surface area contributed by atoms with Crippen LogP contribution in [0, 0.1) is 0 Å². The Labute approximate surface area is 304 Å². The van der Waals surface area contributed by atoms with Gasteiger partial charge in [0.15, 0.2) is 5.58 Å². The van der Waals surface area contributed by atoms with Crippen molar-refractivity contribution in [2.24, 2.45) is 0 Å². The summed E-state index contributed by atoms with van der Waals surface area (Å²) in [5.41, 5.74) is 11.0. The van der Waals surface area contributed by atoms with Gasteiger partial charge in [-0.25, -0.2) is 0 Å². The molecule has 11 aromatic rings. The highest BCUT2D eigenvalue weighted by Gasteiger charge is 2.22. The number of hydrogen-bond acceptors (Lipinski definition) is 5. The van der Waals surface area contributed by atoms with Crippen LogP contribution in [-0.2, 0) is 0 Å². The Kier molecular flexibility index (Phi) is 6.48. The molecule has 5 nitrogen and oxygen atoms in total. The van der Waals surface area contributed by atoms with Crippen molar-refractivity contribution in [1.29, 1.82) is 0 Å². The average Bonchev–Trinajstić information content (AvgIpc) is 3.90. The van der Waals surface area contributed by atoms with Gasteiger partial charge in [-0.05, 0) is 78.9 Å². The lowest BCUT2D eigenvalue weighted by molar-refractivity contribution is 0.667. The molecule has 0 saturated heterocycles. The van der Waals surface area contributed by atoms with E-state index in [4.69, 9.17) is 13.3 Å². The first-order valence-electron chi connectivity index (χ1n) is 17.8. The average molecular weight is 683 g/mol. The van der Waals surface area contributed by atoms with Gasteiger partial charge in [0, 0.05) is 73.3 Å². The fraction of sp³-hybridized carbons (Fsp3) is 0. The van der Waals surface area contributed by atoms with Gasteiger partial charge in [0.1, 0.15) is 27.9 Å². The Bertz CT molecular complexity index is 3140. The number of hydrogen-bond donors (Lipinski definition) is 0. The third-order valence-electron chi connectivity index (χ3n) is 10.2. The molecule has 0 spiro atoms. The van der Waals surface area contributed by atoms with Crippen molar-refractivity contribution in [2.75, 3.05) is 9.80 Å². The largest absolute Gasteiger partial charge is 0.456 e. The summed E-state index contributed by atoms with van der Waals surface area (Å²) in [5, 5.41) is 6.51. The lowest BCUT2D eigenvalue weighted by Crippen LogP contribution is -2.09. The van der Waals surface area contributed by atoms with E-state index in [1.54, 1.807) is 0 Å². The van der Waals surface area contributed by atoms with Gasteiger partial charge in [0.25, 0.3) is 0 Å². The van der Waals surface area contributed by atoms with Crippen molar-refractivity contribution in [3.05, 3.63) is 182 Å². The molecular formula is C48H30N2O3. The van der Waals surface area contributed by atoms with Crippen molar-refractivity contribution in [3.63, 3.8) is 0 Å². The van der Waals surface area contributed by atoms with Crippen molar-refractivity contribution < 1.29 is 13.3 Å². The molecule has 11 rings (SSSR count). The van der Waals surface area contributed by atoms with Crippen LogP contribution in [0.4, 0.5) is 34.1 Å². The van der Waals surface area contributed by atoms with Gasteiger partial charge in [0.2, 0.25) is 0 Å². The number of para-hydroxylation sites is 5. The maximum absolute atomic E-state index is 6.91. The quantitative estimate of drug-likeness (QED) is 0.175. The molecule has 0 saturated carbocycles. The number of nitrogens with zero attached hydrogens (tertiary/aromatic N) is 2. The molecule has 0 aliphatic rings. The normalized spacial score (nSPS) is 11.8. The zero-order chi connectivity index (χ0) is 34.9. The summed E-state index contributed by atoms with van der Waals surface area (Å²) in [7, 11) is 0. The summed E-state index contributed by atoms with van der Waals surface area (Å²) in [4.78, 5) is 4.50. The Morgan fingerprint density at radius 2 is 0.679 bits per heavy atom. The molecule has 250 valence electrons. The van der Waals surface area contributed by atoms with Crippen LogP contribution in [0.1, 0.15) is 0 Å². The first-order valence-corrected chi connectivity index (χ1v) is 17.8. The van der Waals surface area contributed by atoms with Crippen LogP contribution in [0.15, 0.2) is 195 Å². The van der Waals surface area contributed by atoms with Crippen molar-refractivity contribution in [2.45, 2.75) is 0 Å². The maximum atomic E-state index is 6.91. The van der Waals surface area contributed by atoms with E-state index < -0.39 is 0 Å². The van der Waals surface area contributed by atoms with Crippen LogP contribution >= 0.6 is 0 Å². The molecule has 0 N–H and O–H groups in total. The van der Waals surface area contributed by atoms with Gasteiger partial charge in [0.05, 0.1) is 11.4 Å². The molecule has 3 aromatic heterocycles. The summed E-state index contributed by atoms with van der Waals surface area (Å²) < 4.78 is 19.6. The van der Waals surface area contributed by atoms with Gasteiger partial charge < -0.3 is 23.1 Å². The lowest BCUT2D eigenvalue weighted by atomic mass is 10.1. The molecule has 0 radical (unpaired) electrons. The molecule has 3 heterocycles. The van der Waals surface area contributed by atoms with E-state index in [-0.39, 0.29) is 0 Å². The van der Waals surface area contributed by atoms with E-state index in [2.05, 4.69) is 143 Å². The van der Waals surface area contributed by atoms with Gasteiger partial charge in [-0.1, -0.05) is 84.9 Å². The van der Waals surface area contributed by atoms with Crippen LogP contribution in [0.25, 0.3) is 65.8 Å². The number of furan rings is 3. The molecule has 53 heavy (non-hydrogen) atoms. The van der Waals surface area contributed by atoms with Gasteiger partial charge >= 0.3 is 0 Å². The number of anilines is 6. The molecular weight excluding hydrogens is 653 g/mol. The highest BCUT2D eigenvalue weighted by molar-refractivity contribution is 6.12. The predicted octanol–water partition coefficient (Wildman–Crippen LogP) is 14.3. The zero-order valence-electron chi connectivity index (χ0n) is 28.4. The minimum Gasteiger partial charge on any atom is -0.456 e. The molecule has 0 aliphatic heterocycles. The molecule has 0 aliphatic carbocycles. The number of benzene rings is 8. The number of rotatable bonds is 6. The van der Waals surface area contributed by atoms with Crippen LogP contribution < -0.4 is 9.80 Å². The Balaban J connectivity index is 1.08. The summed E-state index contributed by atoms with van der Waals surface area (Å²) in [5.74, 6) is 0. The van der Waals surface area contributed by atoms with Crippen LogP contribution in [0.2, 0.25) is 0 Å². The number of fused-ring (bicyclic) bond motifs is 9. The van der Waals surface area contributed by atoms with E-state index in [0.717, 1.165) is 99.9 Å². The van der Waals surface area contributed by atoms with Crippen molar-refractivity contribution in [3.8, 4) is 0 Å². The first kappa shape index (κ1) is 29.5. The van der Waals surface area contributed by atoms with E-state index in [0.29, 0.717) is 0 Å². The molecule has 0 amide bonds. The van der Waals surface area contributed by atoms with Gasteiger partial charge in [-0.2, -0.15) is 0 Å². The summed E-state index contributed by atoms with van der Waals surface area (Å²) in [6.07, 6.45) is 0. The second-order valence-corrected chi connectivity index (χ2v) is 13.3. The zero-order valence-corrected chi connectivity index (χ0v) is 28.4. The summed E-state index contributed by atoms with van der Waals surface area (Å²) in [6.45, 7) is 0. The molecule has 0 fully saturated rings. The fourth-order valence-corrected chi connectivity index (χ4v) is 7.82. The monoisotopic (exact) mass is 682 g/mol. The third kappa shape index (κ3) is 4.71.